The van der Waals surface area contributed by atoms with Gasteiger partial charge in [0.2, 0.25) is 11.8 Å². The first-order chi connectivity index (χ1) is 11.4. The van der Waals surface area contributed by atoms with Crippen LogP contribution in [0.2, 0.25) is 0 Å². The molecule has 1 N–H and O–H groups in total. The molecule has 0 aliphatic carbocycles. The lowest BCUT2D eigenvalue weighted by Crippen LogP contribution is -2.32. The van der Waals surface area contributed by atoms with E-state index < -0.39 is 0 Å². The van der Waals surface area contributed by atoms with Crippen LogP contribution in [0.1, 0.15) is 63.2 Å². The fraction of sp³-hybridized carbons (Fsp3) is 0.526. The van der Waals surface area contributed by atoms with E-state index in [-0.39, 0.29) is 36.6 Å². The highest BCUT2D eigenvalue weighted by molar-refractivity contribution is 6.19. The molecule has 1 saturated heterocycles. The molecule has 1 fully saturated rings. The van der Waals surface area contributed by atoms with E-state index >= 15 is 0 Å². The zero-order chi connectivity index (χ0) is 17.7. The molecule has 1 aromatic carbocycles. The van der Waals surface area contributed by atoms with Gasteiger partial charge in [0.1, 0.15) is 0 Å². The molecule has 0 aromatic heterocycles. The van der Waals surface area contributed by atoms with Gasteiger partial charge < -0.3 is 5.32 Å². The fourth-order valence-electron chi connectivity index (χ4n) is 2.84. The van der Waals surface area contributed by atoms with E-state index in [4.69, 9.17) is 0 Å². The van der Waals surface area contributed by atoms with Crippen LogP contribution >= 0.6 is 0 Å². The number of hydrogen-bond acceptors (Lipinski definition) is 3. The van der Waals surface area contributed by atoms with Crippen molar-refractivity contribution in [2.45, 2.75) is 58.9 Å². The summed E-state index contributed by atoms with van der Waals surface area (Å²) < 4.78 is 0. The SMILES string of the molecule is CC(C)CCCC(C)NC(=O)c1ccc(N2C(=O)CCC2=O)cc1. The summed E-state index contributed by atoms with van der Waals surface area (Å²) in [5.41, 5.74) is 1.07. The van der Waals surface area contributed by atoms with Gasteiger partial charge in [0.15, 0.2) is 0 Å². The second-order valence-electron chi connectivity index (χ2n) is 6.87. The van der Waals surface area contributed by atoms with Crippen molar-refractivity contribution in [2.24, 2.45) is 5.92 Å². The van der Waals surface area contributed by atoms with Crippen molar-refractivity contribution < 1.29 is 14.4 Å². The van der Waals surface area contributed by atoms with E-state index in [2.05, 4.69) is 19.2 Å². The van der Waals surface area contributed by atoms with Gasteiger partial charge in [0.25, 0.3) is 5.91 Å². The fourth-order valence-corrected chi connectivity index (χ4v) is 2.84. The molecule has 0 bridgehead atoms. The predicted molar refractivity (Wildman–Crippen MR) is 93.8 cm³/mol. The minimum absolute atomic E-state index is 0.123. The molecule has 0 spiro atoms. The van der Waals surface area contributed by atoms with Gasteiger partial charge in [0, 0.05) is 24.4 Å². The number of imide groups is 1. The quantitative estimate of drug-likeness (QED) is 0.780. The van der Waals surface area contributed by atoms with Crippen molar-refractivity contribution in [1.82, 2.24) is 5.32 Å². The Kier molecular flexibility index (Phi) is 6.12. The van der Waals surface area contributed by atoms with Crippen LogP contribution in [0.5, 0.6) is 0 Å². The number of benzene rings is 1. The number of hydrogen-bond donors (Lipinski definition) is 1. The van der Waals surface area contributed by atoms with E-state index in [0.717, 1.165) is 19.3 Å². The van der Waals surface area contributed by atoms with Crippen LogP contribution < -0.4 is 10.2 Å². The Hall–Kier alpha value is -2.17. The number of anilines is 1. The minimum atomic E-state index is -0.184. The average Bonchev–Trinajstić information content (AvgIpc) is 2.86. The molecule has 1 aliphatic heterocycles. The van der Waals surface area contributed by atoms with E-state index in [0.29, 0.717) is 17.2 Å². The molecule has 3 amide bonds. The number of carbonyl (C=O) groups is 3. The van der Waals surface area contributed by atoms with E-state index in [9.17, 15) is 14.4 Å². The summed E-state index contributed by atoms with van der Waals surface area (Å²) in [7, 11) is 0. The van der Waals surface area contributed by atoms with Gasteiger partial charge in [-0.1, -0.05) is 26.7 Å². The molecule has 1 aromatic rings. The zero-order valence-electron chi connectivity index (χ0n) is 14.7. The Labute approximate surface area is 143 Å². The molecule has 5 nitrogen and oxygen atoms in total. The summed E-state index contributed by atoms with van der Waals surface area (Å²) in [5, 5.41) is 2.99. The molecular weight excluding hydrogens is 304 g/mol. The Balaban J connectivity index is 1.91. The first-order valence-electron chi connectivity index (χ1n) is 8.65. The largest absolute Gasteiger partial charge is 0.350 e. The van der Waals surface area contributed by atoms with Crippen LogP contribution in [0.3, 0.4) is 0 Å². The monoisotopic (exact) mass is 330 g/mol. The minimum Gasteiger partial charge on any atom is -0.350 e. The Bertz CT molecular complexity index is 592. The molecule has 5 heteroatoms. The maximum atomic E-state index is 12.3. The first-order valence-corrected chi connectivity index (χ1v) is 8.65. The highest BCUT2D eigenvalue weighted by Gasteiger charge is 2.30. The van der Waals surface area contributed by atoms with Crippen molar-refractivity contribution in [1.29, 1.82) is 0 Å². The molecule has 1 atom stereocenters. The van der Waals surface area contributed by atoms with Crippen LogP contribution in [-0.4, -0.2) is 23.8 Å². The normalized spacial score (nSPS) is 15.9. The molecule has 0 radical (unpaired) electrons. The van der Waals surface area contributed by atoms with Gasteiger partial charge in [-0.05, 0) is 43.5 Å². The number of carbonyl (C=O) groups excluding carboxylic acids is 3. The maximum Gasteiger partial charge on any atom is 0.251 e. The highest BCUT2D eigenvalue weighted by Crippen LogP contribution is 2.22. The second kappa shape index (κ2) is 8.08. The number of nitrogens with one attached hydrogen (secondary N) is 1. The topological polar surface area (TPSA) is 66.5 Å². The van der Waals surface area contributed by atoms with Crippen LogP contribution in [0.4, 0.5) is 5.69 Å². The van der Waals surface area contributed by atoms with Gasteiger partial charge in [-0.25, -0.2) is 0 Å². The van der Waals surface area contributed by atoms with Gasteiger partial charge in [-0.15, -0.1) is 0 Å². The third-order valence-electron chi connectivity index (χ3n) is 4.24. The van der Waals surface area contributed by atoms with Crippen LogP contribution in [0, 0.1) is 5.92 Å². The van der Waals surface area contributed by atoms with Crippen molar-refractivity contribution in [3.63, 3.8) is 0 Å². The molecule has 1 unspecified atom stereocenters. The van der Waals surface area contributed by atoms with E-state index in [1.54, 1.807) is 24.3 Å². The van der Waals surface area contributed by atoms with Gasteiger partial charge in [-0.3, -0.25) is 19.3 Å². The average molecular weight is 330 g/mol. The van der Waals surface area contributed by atoms with Crippen LogP contribution in [-0.2, 0) is 9.59 Å². The number of amides is 3. The molecule has 2 rings (SSSR count). The predicted octanol–water partition coefficient (Wildman–Crippen LogP) is 3.28. The Morgan fingerprint density at radius 1 is 1.04 bits per heavy atom. The lowest BCUT2D eigenvalue weighted by Gasteiger charge is -2.16. The first kappa shape index (κ1) is 18.2. The standard InChI is InChI=1S/C19H26N2O3/c1-13(2)5-4-6-14(3)20-19(24)15-7-9-16(10-8-15)21-17(22)11-12-18(21)23/h7-10,13-14H,4-6,11-12H2,1-3H3,(H,20,24). The molecular formula is C19H26N2O3. The molecule has 1 aliphatic rings. The highest BCUT2D eigenvalue weighted by atomic mass is 16.2. The van der Waals surface area contributed by atoms with Crippen molar-refractivity contribution in [3.05, 3.63) is 29.8 Å². The van der Waals surface area contributed by atoms with Gasteiger partial charge >= 0.3 is 0 Å². The Morgan fingerprint density at radius 3 is 2.17 bits per heavy atom. The van der Waals surface area contributed by atoms with Gasteiger partial charge in [-0.2, -0.15) is 0 Å². The summed E-state index contributed by atoms with van der Waals surface area (Å²) in [6.45, 7) is 6.40. The third-order valence-corrected chi connectivity index (χ3v) is 4.24. The second-order valence-corrected chi connectivity index (χ2v) is 6.87. The smallest absolute Gasteiger partial charge is 0.251 e. The van der Waals surface area contributed by atoms with Crippen molar-refractivity contribution in [2.75, 3.05) is 4.90 Å². The summed E-state index contributed by atoms with van der Waals surface area (Å²) in [6, 6.07) is 6.74. The molecule has 24 heavy (non-hydrogen) atoms. The number of nitrogens with zero attached hydrogens (tertiary/aromatic N) is 1. The summed E-state index contributed by atoms with van der Waals surface area (Å²) in [5.74, 6) is 0.182. The van der Waals surface area contributed by atoms with E-state index in [1.165, 1.54) is 4.90 Å². The zero-order valence-corrected chi connectivity index (χ0v) is 14.7. The summed E-state index contributed by atoms with van der Waals surface area (Å²) in [4.78, 5) is 36.9. The van der Waals surface area contributed by atoms with Crippen molar-refractivity contribution in [3.8, 4) is 0 Å². The van der Waals surface area contributed by atoms with Crippen LogP contribution in [0.25, 0.3) is 0 Å². The molecule has 0 saturated carbocycles. The van der Waals surface area contributed by atoms with Crippen LogP contribution in [0.15, 0.2) is 24.3 Å². The molecule has 1 heterocycles. The lowest BCUT2D eigenvalue weighted by molar-refractivity contribution is -0.121. The lowest BCUT2D eigenvalue weighted by atomic mass is 10.0. The van der Waals surface area contributed by atoms with Crippen molar-refractivity contribution >= 4 is 23.4 Å². The number of rotatable bonds is 7. The van der Waals surface area contributed by atoms with Gasteiger partial charge in [0.05, 0.1) is 5.69 Å². The maximum absolute atomic E-state index is 12.3. The summed E-state index contributed by atoms with van der Waals surface area (Å²) >= 11 is 0. The third kappa shape index (κ3) is 4.66. The van der Waals surface area contributed by atoms with E-state index in [1.807, 2.05) is 6.92 Å². The molecule has 130 valence electrons. The Morgan fingerprint density at radius 2 is 1.62 bits per heavy atom. The summed E-state index contributed by atoms with van der Waals surface area (Å²) in [6.07, 6.45) is 3.73.